The second-order valence-corrected chi connectivity index (χ2v) is 6.67. The first kappa shape index (κ1) is 15.0. The molecule has 1 aliphatic carbocycles. The molecule has 0 aromatic heterocycles. The lowest BCUT2D eigenvalue weighted by Crippen LogP contribution is -2.30. The van der Waals surface area contributed by atoms with E-state index < -0.39 is 0 Å². The van der Waals surface area contributed by atoms with Gasteiger partial charge in [-0.1, -0.05) is 42.6 Å². The van der Waals surface area contributed by atoms with Gasteiger partial charge in [0, 0.05) is 10.5 Å². The highest BCUT2D eigenvalue weighted by Gasteiger charge is 2.27. The third-order valence-electron chi connectivity index (χ3n) is 4.20. The Morgan fingerprint density at radius 2 is 1.95 bits per heavy atom. The second-order valence-electron chi connectivity index (χ2n) is 5.76. The average molecular weight is 328 g/mol. The minimum Gasteiger partial charge on any atom is -0.310 e. The molecule has 0 heterocycles. The van der Waals surface area contributed by atoms with Crippen LogP contribution in [-0.4, -0.2) is 6.54 Å². The lowest BCUT2D eigenvalue weighted by Gasteiger charge is -2.33. The van der Waals surface area contributed by atoms with Crippen LogP contribution in [0.5, 0.6) is 0 Å². The SMILES string of the molecule is CCNC(c1cc(F)cc(Br)c1)C1CCC(C)CC1. The lowest BCUT2D eigenvalue weighted by molar-refractivity contribution is 0.233. The highest BCUT2D eigenvalue weighted by atomic mass is 79.9. The fraction of sp³-hybridized carbons (Fsp3) is 0.625. The maximum atomic E-state index is 13.6. The highest BCUT2D eigenvalue weighted by Crippen LogP contribution is 2.37. The summed E-state index contributed by atoms with van der Waals surface area (Å²) in [5.74, 6) is 1.32. The van der Waals surface area contributed by atoms with E-state index in [9.17, 15) is 4.39 Å². The van der Waals surface area contributed by atoms with E-state index in [-0.39, 0.29) is 11.9 Å². The summed E-state index contributed by atoms with van der Waals surface area (Å²) in [5.41, 5.74) is 1.08. The first-order chi connectivity index (χ1) is 9.10. The van der Waals surface area contributed by atoms with Gasteiger partial charge in [0.25, 0.3) is 0 Å². The quantitative estimate of drug-likeness (QED) is 0.814. The van der Waals surface area contributed by atoms with Crippen molar-refractivity contribution in [2.45, 2.75) is 45.6 Å². The summed E-state index contributed by atoms with van der Waals surface area (Å²) in [6.45, 7) is 5.37. The van der Waals surface area contributed by atoms with Crippen LogP contribution in [0.15, 0.2) is 22.7 Å². The van der Waals surface area contributed by atoms with Crippen molar-refractivity contribution in [3.8, 4) is 0 Å². The van der Waals surface area contributed by atoms with E-state index in [1.807, 2.05) is 0 Å². The molecule has 1 nitrogen and oxygen atoms in total. The van der Waals surface area contributed by atoms with Crippen molar-refractivity contribution in [2.24, 2.45) is 11.8 Å². The van der Waals surface area contributed by atoms with Crippen LogP contribution >= 0.6 is 15.9 Å². The van der Waals surface area contributed by atoms with Crippen LogP contribution in [0.3, 0.4) is 0 Å². The molecule has 0 aliphatic heterocycles. The van der Waals surface area contributed by atoms with Crippen molar-refractivity contribution in [1.82, 2.24) is 5.32 Å². The molecule has 0 saturated heterocycles. The molecule has 1 aromatic carbocycles. The van der Waals surface area contributed by atoms with Crippen LogP contribution in [0.25, 0.3) is 0 Å². The van der Waals surface area contributed by atoms with Gasteiger partial charge in [-0.2, -0.15) is 0 Å². The zero-order chi connectivity index (χ0) is 13.8. The maximum Gasteiger partial charge on any atom is 0.124 e. The molecule has 1 fully saturated rings. The smallest absolute Gasteiger partial charge is 0.124 e. The summed E-state index contributed by atoms with van der Waals surface area (Å²) in [6.07, 6.45) is 5.08. The molecule has 0 amide bonds. The fourth-order valence-electron chi connectivity index (χ4n) is 3.15. The molecule has 2 rings (SSSR count). The summed E-state index contributed by atoms with van der Waals surface area (Å²) in [6, 6.07) is 5.53. The second kappa shape index (κ2) is 6.85. The van der Waals surface area contributed by atoms with Crippen LogP contribution in [0.1, 0.15) is 51.1 Å². The van der Waals surface area contributed by atoms with Gasteiger partial charge in [-0.25, -0.2) is 4.39 Å². The van der Waals surface area contributed by atoms with E-state index in [1.165, 1.54) is 31.7 Å². The van der Waals surface area contributed by atoms with Crippen molar-refractivity contribution in [2.75, 3.05) is 6.54 Å². The largest absolute Gasteiger partial charge is 0.310 e. The number of benzene rings is 1. The number of nitrogens with one attached hydrogen (secondary N) is 1. The van der Waals surface area contributed by atoms with Crippen molar-refractivity contribution in [3.63, 3.8) is 0 Å². The van der Waals surface area contributed by atoms with Crippen LogP contribution < -0.4 is 5.32 Å². The minimum atomic E-state index is -0.156. The Morgan fingerprint density at radius 1 is 1.26 bits per heavy atom. The maximum absolute atomic E-state index is 13.6. The zero-order valence-corrected chi connectivity index (χ0v) is 13.3. The van der Waals surface area contributed by atoms with E-state index in [1.54, 1.807) is 6.07 Å². The van der Waals surface area contributed by atoms with Crippen molar-refractivity contribution in [3.05, 3.63) is 34.1 Å². The Bertz CT molecular complexity index is 393. The highest BCUT2D eigenvalue weighted by molar-refractivity contribution is 9.10. The van der Waals surface area contributed by atoms with Crippen LogP contribution in [0, 0.1) is 17.7 Å². The van der Waals surface area contributed by atoms with Gasteiger partial charge in [0.2, 0.25) is 0 Å². The predicted octanol–water partition coefficient (Wildman–Crippen LogP) is 5.07. The third kappa shape index (κ3) is 4.03. The lowest BCUT2D eigenvalue weighted by atomic mass is 9.77. The summed E-state index contributed by atoms with van der Waals surface area (Å²) < 4.78 is 14.4. The topological polar surface area (TPSA) is 12.0 Å². The zero-order valence-electron chi connectivity index (χ0n) is 11.8. The third-order valence-corrected chi connectivity index (χ3v) is 4.66. The van der Waals surface area contributed by atoms with Gasteiger partial charge in [0.1, 0.15) is 5.82 Å². The van der Waals surface area contributed by atoms with Gasteiger partial charge in [-0.05, 0) is 55.0 Å². The standard InChI is InChI=1S/C16H23BrFN/c1-3-19-16(12-6-4-11(2)5-7-12)13-8-14(17)10-15(18)9-13/h8-12,16,19H,3-7H2,1-2H3. The van der Waals surface area contributed by atoms with Gasteiger partial charge in [0.05, 0.1) is 0 Å². The van der Waals surface area contributed by atoms with Crippen LogP contribution in [0.4, 0.5) is 4.39 Å². The molecular weight excluding hydrogens is 305 g/mol. The molecule has 1 saturated carbocycles. The van der Waals surface area contributed by atoms with E-state index >= 15 is 0 Å². The van der Waals surface area contributed by atoms with Crippen LogP contribution in [-0.2, 0) is 0 Å². The number of rotatable bonds is 4. The summed E-state index contributed by atoms with van der Waals surface area (Å²) in [5, 5.41) is 3.55. The Balaban J connectivity index is 2.19. The van der Waals surface area contributed by atoms with Crippen LogP contribution in [0.2, 0.25) is 0 Å². The average Bonchev–Trinajstić information content (AvgIpc) is 2.36. The molecule has 1 unspecified atom stereocenters. The van der Waals surface area contributed by atoms with Gasteiger partial charge in [-0.15, -0.1) is 0 Å². The molecule has 0 spiro atoms. The van der Waals surface area contributed by atoms with E-state index in [0.29, 0.717) is 5.92 Å². The van der Waals surface area contributed by atoms with Gasteiger partial charge >= 0.3 is 0 Å². The van der Waals surface area contributed by atoms with E-state index in [0.717, 1.165) is 22.5 Å². The van der Waals surface area contributed by atoms with Crippen molar-refractivity contribution >= 4 is 15.9 Å². The molecule has 3 heteroatoms. The molecule has 1 aliphatic rings. The molecule has 0 bridgehead atoms. The van der Waals surface area contributed by atoms with Gasteiger partial charge < -0.3 is 5.32 Å². The molecule has 1 atom stereocenters. The van der Waals surface area contributed by atoms with Crippen molar-refractivity contribution in [1.29, 1.82) is 0 Å². The Labute approximate surface area is 124 Å². The molecular formula is C16H23BrFN. The monoisotopic (exact) mass is 327 g/mol. The first-order valence-electron chi connectivity index (χ1n) is 7.29. The molecule has 0 radical (unpaired) electrons. The first-order valence-corrected chi connectivity index (χ1v) is 8.08. The van der Waals surface area contributed by atoms with E-state index in [4.69, 9.17) is 0 Å². The van der Waals surface area contributed by atoms with Gasteiger partial charge in [0.15, 0.2) is 0 Å². The minimum absolute atomic E-state index is 0.156. The van der Waals surface area contributed by atoms with Gasteiger partial charge in [-0.3, -0.25) is 0 Å². The Hall–Kier alpha value is -0.410. The fourth-order valence-corrected chi connectivity index (χ4v) is 3.63. The summed E-state index contributed by atoms with van der Waals surface area (Å²) >= 11 is 3.40. The Morgan fingerprint density at radius 3 is 2.53 bits per heavy atom. The molecule has 19 heavy (non-hydrogen) atoms. The number of hydrogen-bond acceptors (Lipinski definition) is 1. The Kier molecular flexibility index (Phi) is 5.40. The molecule has 106 valence electrons. The summed E-state index contributed by atoms with van der Waals surface area (Å²) in [7, 11) is 0. The van der Waals surface area contributed by atoms with Crippen molar-refractivity contribution < 1.29 is 4.39 Å². The number of halogens is 2. The molecule has 1 aromatic rings. The normalized spacial score (nSPS) is 25.3. The van der Waals surface area contributed by atoms with E-state index in [2.05, 4.69) is 41.2 Å². The summed E-state index contributed by atoms with van der Waals surface area (Å²) in [4.78, 5) is 0. The number of hydrogen-bond donors (Lipinski definition) is 1. The molecule has 1 N–H and O–H groups in total. The predicted molar refractivity (Wildman–Crippen MR) is 81.6 cm³/mol.